The lowest BCUT2D eigenvalue weighted by Crippen LogP contribution is -2.27. The maximum Gasteiger partial charge on any atom is 0.262 e. The summed E-state index contributed by atoms with van der Waals surface area (Å²) in [4.78, 5) is 12.2. The maximum absolute atomic E-state index is 12.2. The molecule has 4 heteroatoms. The molecule has 1 rings (SSSR count). The van der Waals surface area contributed by atoms with Gasteiger partial charge in [0.2, 0.25) is 0 Å². The largest absolute Gasteiger partial charge is 0.391 e. The van der Waals surface area contributed by atoms with Gasteiger partial charge >= 0.3 is 0 Å². The number of benzene rings is 1. The average molecular weight is 325 g/mol. The van der Waals surface area contributed by atoms with Crippen molar-refractivity contribution in [3.05, 3.63) is 59.8 Å². The molecule has 24 heavy (non-hydrogen) atoms. The third-order valence-corrected chi connectivity index (χ3v) is 3.57. The van der Waals surface area contributed by atoms with Crippen molar-refractivity contribution in [3.63, 3.8) is 0 Å². The molecular weight excluding hydrogens is 298 g/mol. The summed E-state index contributed by atoms with van der Waals surface area (Å²) in [5.74, 6) is -0.311. The molecular formula is C20H27N3O. The Morgan fingerprint density at radius 2 is 2.04 bits per heavy atom. The number of nitriles is 1. The molecule has 0 spiro atoms. The molecule has 0 radical (unpaired) electrons. The fourth-order valence-electron chi connectivity index (χ4n) is 2.16. The summed E-state index contributed by atoms with van der Waals surface area (Å²) in [7, 11) is 0. The van der Waals surface area contributed by atoms with Gasteiger partial charge in [-0.05, 0) is 44.4 Å². The third kappa shape index (κ3) is 7.64. The van der Waals surface area contributed by atoms with Crippen molar-refractivity contribution in [1.29, 1.82) is 5.26 Å². The molecule has 0 aliphatic heterocycles. The van der Waals surface area contributed by atoms with Gasteiger partial charge in [-0.25, -0.2) is 0 Å². The van der Waals surface area contributed by atoms with Gasteiger partial charge in [-0.2, -0.15) is 5.26 Å². The summed E-state index contributed by atoms with van der Waals surface area (Å²) >= 11 is 0. The van der Waals surface area contributed by atoms with Gasteiger partial charge in [0.15, 0.2) is 0 Å². The Bertz CT molecular complexity index is 585. The van der Waals surface area contributed by atoms with Crippen LogP contribution in [0, 0.1) is 11.3 Å². The number of amides is 1. The van der Waals surface area contributed by atoms with Crippen molar-refractivity contribution in [2.45, 2.75) is 45.6 Å². The van der Waals surface area contributed by atoms with Crippen molar-refractivity contribution < 1.29 is 4.79 Å². The van der Waals surface area contributed by atoms with Crippen LogP contribution in [0.5, 0.6) is 0 Å². The molecule has 0 heterocycles. The highest BCUT2D eigenvalue weighted by molar-refractivity contribution is 5.97. The van der Waals surface area contributed by atoms with Crippen LogP contribution in [-0.4, -0.2) is 12.5 Å². The molecule has 2 N–H and O–H groups in total. The van der Waals surface area contributed by atoms with E-state index >= 15 is 0 Å². The van der Waals surface area contributed by atoms with Crippen LogP contribution in [-0.2, 0) is 4.79 Å². The molecule has 0 aromatic heterocycles. The zero-order valence-electron chi connectivity index (χ0n) is 14.6. The molecule has 1 atom stereocenters. The van der Waals surface area contributed by atoms with Crippen LogP contribution in [0.1, 0.15) is 51.1 Å². The number of nitrogens with zero attached hydrogens (tertiary/aromatic N) is 1. The van der Waals surface area contributed by atoms with Crippen molar-refractivity contribution in [1.82, 2.24) is 10.6 Å². The first-order valence-corrected chi connectivity index (χ1v) is 8.53. The van der Waals surface area contributed by atoms with Crippen LogP contribution >= 0.6 is 0 Å². The second-order valence-corrected chi connectivity index (χ2v) is 5.62. The van der Waals surface area contributed by atoms with E-state index in [0.717, 1.165) is 31.4 Å². The molecule has 1 aromatic carbocycles. The van der Waals surface area contributed by atoms with E-state index in [1.54, 1.807) is 6.08 Å². The van der Waals surface area contributed by atoms with E-state index < -0.39 is 0 Å². The molecule has 0 aliphatic rings. The Balaban J connectivity index is 2.40. The van der Waals surface area contributed by atoms with Crippen LogP contribution in [0.3, 0.4) is 0 Å². The molecule has 0 saturated carbocycles. The van der Waals surface area contributed by atoms with Gasteiger partial charge < -0.3 is 10.6 Å². The highest BCUT2D eigenvalue weighted by Gasteiger charge is 2.12. The number of hydrogen-bond donors (Lipinski definition) is 2. The van der Waals surface area contributed by atoms with Crippen molar-refractivity contribution in [2.75, 3.05) is 6.54 Å². The summed E-state index contributed by atoms with van der Waals surface area (Å²) in [6.07, 6.45) is 9.42. The van der Waals surface area contributed by atoms with E-state index in [0.29, 0.717) is 6.42 Å². The molecule has 4 nitrogen and oxygen atoms in total. The van der Waals surface area contributed by atoms with Crippen LogP contribution in [0.15, 0.2) is 54.3 Å². The van der Waals surface area contributed by atoms with Gasteiger partial charge in [-0.3, -0.25) is 4.79 Å². The number of carbonyl (C=O) groups is 1. The predicted octanol–water partition coefficient (Wildman–Crippen LogP) is 4.00. The van der Waals surface area contributed by atoms with E-state index in [9.17, 15) is 10.1 Å². The molecule has 1 aromatic rings. The normalized spacial score (nSPS) is 12.6. The minimum absolute atomic E-state index is 0.122. The summed E-state index contributed by atoms with van der Waals surface area (Å²) in [5.41, 5.74) is 1.21. The summed E-state index contributed by atoms with van der Waals surface area (Å²) in [6.45, 7) is 5.02. The fourth-order valence-corrected chi connectivity index (χ4v) is 2.16. The van der Waals surface area contributed by atoms with Crippen LogP contribution in [0.25, 0.3) is 0 Å². The number of nitrogens with one attached hydrogen (secondary N) is 2. The number of hydrogen-bond acceptors (Lipinski definition) is 3. The Hall–Kier alpha value is -2.54. The quantitative estimate of drug-likeness (QED) is 0.388. The Morgan fingerprint density at radius 3 is 2.71 bits per heavy atom. The molecule has 128 valence electrons. The standard InChI is InChI=1S/C20H27N3O/c1-3-14-22-15-10-5-4-7-13-19(16-21)20(24)23-17(2)18-11-8-6-9-12-18/h6,8-13,15,17,22H,3-5,7,14H2,1-2H3,(H,23,24)/b15-10-,19-13+. The molecule has 0 saturated heterocycles. The third-order valence-electron chi connectivity index (χ3n) is 3.57. The zero-order chi connectivity index (χ0) is 17.6. The van der Waals surface area contributed by atoms with Crippen LogP contribution < -0.4 is 10.6 Å². The highest BCUT2D eigenvalue weighted by atomic mass is 16.1. The lowest BCUT2D eigenvalue weighted by atomic mass is 10.1. The van der Waals surface area contributed by atoms with Crippen LogP contribution in [0.4, 0.5) is 0 Å². The van der Waals surface area contributed by atoms with Gasteiger partial charge in [-0.1, -0.05) is 49.4 Å². The minimum Gasteiger partial charge on any atom is -0.391 e. The Morgan fingerprint density at radius 1 is 1.29 bits per heavy atom. The first-order valence-electron chi connectivity index (χ1n) is 8.53. The van der Waals surface area contributed by atoms with Gasteiger partial charge in [0.1, 0.15) is 11.6 Å². The smallest absolute Gasteiger partial charge is 0.262 e. The first-order chi connectivity index (χ1) is 11.7. The topological polar surface area (TPSA) is 64.9 Å². The van der Waals surface area contributed by atoms with Gasteiger partial charge in [0, 0.05) is 6.54 Å². The molecule has 0 aliphatic carbocycles. The van der Waals surface area contributed by atoms with Gasteiger partial charge in [0.05, 0.1) is 6.04 Å². The van der Waals surface area contributed by atoms with E-state index in [1.165, 1.54) is 0 Å². The van der Waals surface area contributed by atoms with E-state index in [1.807, 2.05) is 49.5 Å². The van der Waals surface area contributed by atoms with Crippen LogP contribution in [0.2, 0.25) is 0 Å². The number of unbranched alkanes of at least 4 members (excludes halogenated alkanes) is 2. The second-order valence-electron chi connectivity index (χ2n) is 5.62. The van der Waals surface area contributed by atoms with Crippen molar-refractivity contribution in [3.8, 4) is 6.07 Å². The van der Waals surface area contributed by atoms with E-state index in [2.05, 4.69) is 23.6 Å². The van der Waals surface area contributed by atoms with Crippen molar-refractivity contribution >= 4 is 5.91 Å². The Kier molecular flexibility index (Phi) is 9.72. The van der Waals surface area contributed by atoms with E-state index in [-0.39, 0.29) is 17.5 Å². The SMILES string of the molecule is CCCN/C=C\CCC/C=C(\C#N)C(=O)NC(C)c1ccccc1. The summed E-state index contributed by atoms with van der Waals surface area (Å²) in [5, 5.41) is 15.2. The van der Waals surface area contributed by atoms with E-state index in [4.69, 9.17) is 0 Å². The lowest BCUT2D eigenvalue weighted by molar-refractivity contribution is -0.117. The zero-order valence-corrected chi connectivity index (χ0v) is 14.6. The molecule has 0 fully saturated rings. The molecule has 1 amide bonds. The first kappa shape index (κ1) is 19.5. The van der Waals surface area contributed by atoms with Gasteiger partial charge in [0.25, 0.3) is 5.91 Å². The average Bonchev–Trinajstić information content (AvgIpc) is 2.61. The predicted molar refractivity (Wildman–Crippen MR) is 98.0 cm³/mol. The second kappa shape index (κ2) is 12.0. The monoisotopic (exact) mass is 325 g/mol. The van der Waals surface area contributed by atoms with Crippen molar-refractivity contribution in [2.24, 2.45) is 0 Å². The summed E-state index contributed by atoms with van der Waals surface area (Å²) in [6, 6.07) is 11.6. The van der Waals surface area contributed by atoms with Gasteiger partial charge in [-0.15, -0.1) is 0 Å². The number of carbonyl (C=O) groups excluding carboxylic acids is 1. The number of allylic oxidation sites excluding steroid dienone is 2. The number of rotatable bonds is 10. The Labute approximate surface area is 145 Å². The fraction of sp³-hybridized carbons (Fsp3) is 0.400. The highest BCUT2D eigenvalue weighted by Crippen LogP contribution is 2.12. The lowest BCUT2D eigenvalue weighted by Gasteiger charge is -2.13. The molecule has 0 bridgehead atoms. The molecule has 1 unspecified atom stereocenters. The maximum atomic E-state index is 12.2. The minimum atomic E-state index is -0.311. The summed E-state index contributed by atoms with van der Waals surface area (Å²) < 4.78 is 0.